The van der Waals surface area contributed by atoms with Crippen molar-refractivity contribution in [1.82, 2.24) is 9.55 Å². The topological polar surface area (TPSA) is 38.0 Å². The van der Waals surface area contributed by atoms with Crippen LogP contribution in [0.2, 0.25) is 0 Å². The molecule has 2 aromatic rings. The first-order valence-corrected chi connectivity index (χ1v) is 6.51. The summed E-state index contributed by atoms with van der Waals surface area (Å²) < 4.78 is 16.0. The van der Waals surface area contributed by atoms with Gasteiger partial charge in [0.1, 0.15) is 18.2 Å². The summed E-state index contributed by atoms with van der Waals surface area (Å²) in [5, 5.41) is 8.63. The Hall–Kier alpha value is -2.12. The molecule has 0 aliphatic carbocycles. The molecule has 1 aromatic carbocycles. The third-order valence-electron chi connectivity index (χ3n) is 2.97. The number of benzene rings is 1. The number of nitrogens with zero attached hydrogens (tertiary/aromatic N) is 2. The van der Waals surface area contributed by atoms with Crippen molar-refractivity contribution in [3.05, 3.63) is 53.4 Å². The van der Waals surface area contributed by atoms with E-state index in [1.165, 1.54) is 6.07 Å². The number of aliphatic hydroxyl groups is 1. The van der Waals surface area contributed by atoms with Crippen molar-refractivity contribution in [2.45, 2.75) is 26.3 Å². The Morgan fingerprint density at radius 3 is 2.85 bits per heavy atom. The molecular weight excluding hydrogens is 255 g/mol. The van der Waals surface area contributed by atoms with E-state index in [9.17, 15) is 4.39 Å². The first-order valence-electron chi connectivity index (χ1n) is 6.51. The monoisotopic (exact) mass is 272 g/mol. The second-order valence-electron chi connectivity index (χ2n) is 4.83. The summed E-state index contributed by atoms with van der Waals surface area (Å²) in [5.41, 5.74) is 1.16. The summed E-state index contributed by atoms with van der Waals surface area (Å²) in [6.45, 7) is 4.34. The van der Waals surface area contributed by atoms with Gasteiger partial charge in [0.05, 0.1) is 6.54 Å². The fraction of sp³-hybridized carbons (Fsp3) is 0.312. The first-order chi connectivity index (χ1) is 9.61. The maximum atomic E-state index is 14.0. The lowest BCUT2D eigenvalue weighted by Crippen LogP contribution is -2.07. The number of hydrogen-bond donors (Lipinski definition) is 1. The molecule has 2 rings (SSSR count). The van der Waals surface area contributed by atoms with E-state index in [1.54, 1.807) is 18.3 Å². The van der Waals surface area contributed by atoms with Gasteiger partial charge < -0.3 is 9.67 Å². The van der Waals surface area contributed by atoms with Gasteiger partial charge in [-0.05, 0) is 12.1 Å². The molecule has 1 N–H and O–H groups in total. The van der Waals surface area contributed by atoms with Crippen molar-refractivity contribution in [3.63, 3.8) is 0 Å². The van der Waals surface area contributed by atoms with Crippen molar-refractivity contribution in [3.8, 4) is 11.8 Å². The molecule has 1 aromatic heterocycles. The van der Waals surface area contributed by atoms with E-state index in [1.807, 2.05) is 10.8 Å². The fourth-order valence-electron chi connectivity index (χ4n) is 2.03. The van der Waals surface area contributed by atoms with Crippen LogP contribution in [0.25, 0.3) is 0 Å². The molecule has 0 bridgehead atoms. The third kappa shape index (κ3) is 3.25. The Labute approximate surface area is 118 Å². The summed E-state index contributed by atoms with van der Waals surface area (Å²) in [5.74, 6) is 6.14. The normalized spacial score (nSPS) is 10.4. The number of rotatable bonds is 3. The van der Waals surface area contributed by atoms with Gasteiger partial charge in [0, 0.05) is 29.4 Å². The molecule has 20 heavy (non-hydrogen) atoms. The summed E-state index contributed by atoms with van der Waals surface area (Å²) in [6.07, 6.45) is 3.59. The Morgan fingerprint density at radius 1 is 1.40 bits per heavy atom. The summed E-state index contributed by atoms with van der Waals surface area (Å²) >= 11 is 0. The van der Waals surface area contributed by atoms with Crippen molar-refractivity contribution >= 4 is 0 Å². The summed E-state index contributed by atoms with van der Waals surface area (Å²) in [6, 6.07) is 4.87. The summed E-state index contributed by atoms with van der Waals surface area (Å²) in [4.78, 5) is 4.29. The molecule has 0 saturated carbocycles. The number of hydrogen-bond acceptors (Lipinski definition) is 2. The minimum atomic E-state index is -0.293. The van der Waals surface area contributed by atoms with Gasteiger partial charge in [0.25, 0.3) is 0 Å². The quantitative estimate of drug-likeness (QED) is 0.872. The van der Waals surface area contributed by atoms with Crippen molar-refractivity contribution in [2.75, 3.05) is 6.61 Å². The Kier molecular flexibility index (Phi) is 4.54. The van der Waals surface area contributed by atoms with Crippen LogP contribution in [0.15, 0.2) is 30.6 Å². The molecule has 0 amide bonds. The van der Waals surface area contributed by atoms with E-state index in [0.717, 1.165) is 5.82 Å². The number of aromatic nitrogens is 2. The molecule has 0 spiro atoms. The summed E-state index contributed by atoms with van der Waals surface area (Å²) in [7, 11) is 0. The lowest BCUT2D eigenvalue weighted by atomic mass is 10.1. The zero-order valence-corrected chi connectivity index (χ0v) is 11.6. The molecule has 0 radical (unpaired) electrons. The largest absolute Gasteiger partial charge is 0.384 e. The van der Waals surface area contributed by atoms with Gasteiger partial charge in [-0.15, -0.1) is 0 Å². The van der Waals surface area contributed by atoms with E-state index < -0.39 is 0 Å². The number of imidazole rings is 1. The highest BCUT2D eigenvalue weighted by Gasteiger charge is 2.10. The second kappa shape index (κ2) is 6.36. The molecule has 1 heterocycles. The number of halogens is 1. The second-order valence-corrected chi connectivity index (χ2v) is 4.83. The van der Waals surface area contributed by atoms with Crippen LogP contribution in [0, 0.1) is 17.7 Å². The molecule has 104 valence electrons. The van der Waals surface area contributed by atoms with E-state index in [-0.39, 0.29) is 12.4 Å². The van der Waals surface area contributed by atoms with Gasteiger partial charge >= 0.3 is 0 Å². The smallest absolute Gasteiger partial charge is 0.129 e. The minimum Gasteiger partial charge on any atom is -0.384 e. The molecule has 0 atom stereocenters. The predicted octanol–water partition coefficient (Wildman–Crippen LogP) is 2.54. The zero-order valence-electron chi connectivity index (χ0n) is 11.6. The highest BCUT2D eigenvalue weighted by atomic mass is 19.1. The maximum absolute atomic E-state index is 14.0. The third-order valence-corrected chi connectivity index (χ3v) is 2.97. The lowest BCUT2D eigenvalue weighted by Gasteiger charge is -2.11. The van der Waals surface area contributed by atoms with Crippen LogP contribution in [0.5, 0.6) is 0 Å². The first kappa shape index (κ1) is 14.3. The molecule has 0 saturated heterocycles. The van der Waals surface area contributed by atoms with Crippen molar-refractivity contribution < 1.29 is 9.50 Å². The van der Waals surface area contributed by atoms with Gasteiger partial charge in [0.15, 0.2) is 0 Å². The van der Waals surface area contributed by atoms with Crippen molar-refractivity contribution in [1.29, 1.82) is 0 Å². The average molecular weight is 272 g/mol. The highest BCUT2D eigenvalue weighted by Crippen LogP contribution is 2.16. The molecule has 0 aliphatic rings. The van der Waals surface area contributed by atoms with E-state index in [2.05, 4.69) is 30.7 Å². The van der Waals surface area contributed by atoms with Gasteiger partial charge in [-0.25, -0.2) is 9.37 Å². The van der Waals surface area contributed by atoms with Gasteiger partial charge in [-0.3, -0.25) is 0 Å². The Balaban J connectivity index is 2.24. The average Bonchev–Trinajstić information content (AvgIpc) is 2.87. The predicted molar refractivity (Wildman–Crippen MR) is 75.8 cm³/mol. The molecule has 0 aliphatic heterocycles. The van der Waals surface area contributed by atoms with Crippen molar-refractivity contribution in [2.24, 2.45) is 0 Å². The van der Waals surface area contributed by atoms with E-state index in [0.29, 0.717) is 23.6 Å². The molecular formula is C16H17FN2O. The SMILES string of the molecule is CC(C)c1nccn1Cc1ccc(C#CCO)cc1F. The van der Waals surface area contributed by atoms with E-state index in [4.69, 9.17) is 5.11 Å². The molecule has 3 nitrogen and oxygen atoms in total. The Bertz CT molecular complexity index is 650. The fourth-order valence-corrected chi connectivity index (χ4v) is 2.03. The van der Waals surface area contributed by atoms with Gasteiger partial charge in [-0.2, -0.15) is 0 Å². The zero-order chi connectivity index (χ0) is 14.5. The van der Waals surface area contributed by atoms with Gasteiger partial charge in [0.2, 0.25) is 0 Å². The van der Waals surface area contributed by atoms with E-state index >= 15 is 0 Å². The minimum absolute atomic E-state index is 0.226. The van der Waals surface area contributed by atoms with Crippen LogP contribution < -0.4 is 0 Å². The van der Waals surface area contributed by atoms with Crippen LogP contribution >= 0.6 is 0 Å². The molecule has 0 fully saturated rings. The Morgan fingerprint density at radius 2 is 2.20 bits per heavy atom. The lowest BCUT2D eigenvalue weighted by molar-refractivity contribution is 0.350. The van der Waals surface area contributed by atoms with Crippen LogP contribution in [0.3, 0.4) is 0 Å². The van der Waals surface area contributed by atoms with Gasteiger partial charge in [-0.1, -0.05) is 31.8 Å². The van der Waals surface area contributed by atoms with Crippen LogP contribution in [0.4, 0.5) is 4.39 Å². The van der Waals surface area contributed by atoms with Crippen LogP contribution in [-0.4, -0.2) is 21.3 Å². The number of aliphatic hydroxyl groups excluding tert-OH is 1. The maximum Gasteiger partial charge on any atom is 0.129 e. The molecule has 4 heteroatoms. The standard InChI is InChI=1S/C16H17FN2O/c1-12(2)16-18-7-8-19(16)11-14-6-5-13(4-3-9-20)10-15(14)17/h5-8,10,12,20H,9,11H2,1-2H3. The van der Waals surface area contributed by atoms with Crippen LogP contribution in [0.1, 0.15) is 36.7 Å². The highest BCUT2D eigenvalue weighted by molar-refractivity contribution is 5.37. The van der Waals surface area contributed by atoms with Crippen LogP contribution in [-0.2, 0) is 6.54 Å². The molecule has 0 unspecified atom stereocenters.